The van der Waals surface area contributed by atoms with Crippen molar-refractivity contribution >= 4 is 11.8 Å². The Bertz CT molecular complexity index is 273. The topological polar surface area (TPSA) is 58.2 Å². The van der Waals surface area contributed by atoms with Crippen LogP contribution in [-0.4, -0.2) is 24.9 Å². The molecule has 0 aliphatic carbocycles. The number of nitrogens with one attached hydrogen (secondary N) is 2. The van der Waals surface area contributed by atoms with E-state index in [0.29, 0.717) is 19.0 Å². The number of carbonyl (C=O) groups excluding carboxylic acids is 2. The predicted octanol–water partition coefficient (Wildman–Crippen LogP) is 2.09. The lowest BCUT2D eigenvalue weighted by Crippen LogP contribution is -2.48. The highest BCUT2D eigenvalue weighted by molar-refractivity contribution is 6.04. The van der Waals surface area contributed by atoms with E-state index in [9.17, 15) is 9.59 Å². The van der Waals surface area contributed by atoms with Crippen LogP contribution in [0, 0.1) is 11.3 Å². The van der Waals surface area contributed by atoms with Crippen molar-refractivity contribution in [1.82, 2.24) is 10.6 Å². The lowest BCUT2D eigenvalue weighted by molar-refractivity contribution is -0.141. The Morgan fingerprint density at radius 1 is 1.06 bits per heavy atom. The Balaban J connectivity index is 4.16. The van der Waals surface area contributed by atoms with Gasteiger partial charge in [0.25, 0.3) is 0 Å². The Morgan fingerprint density at radius 2 is 1.56 bits per heavy atom. The van der Waals surface area contributed by atoms with Crippen molar-refractivity contribution in [2.24, 2.45) is 11.3 Å². The summed E-state index contributed by atoms with van der Waals surface area (Å²) in [7, 11) is 0. The van der Waals surface area contributed by atoms with Crippen molar-refractivity contribution < 1.29 is 9.59 Å². The maximum absolute atomic E-state index is 11.9. The van der Waals surface area contributed by atoms with Crippen molar-refractivity contribution in [1.29, 1.82) is 0 Å². The van der Waals surface area contributed by atoms with Crippen molar-refractivity contribution in [2.75, 3.05) is 13.1 Å². The predicted molar refractivity (Wildman–Crippen MR) is 74.2 cm³/mol. The van der Waals surface area contributed by atoms with E-state index in [2.05, 4.69) is 31.4 Å². The zero-order valence-electron chi connectivity index (χ0n) is 12.4. The molecule has 4 nitrogen and oxygen atoms in total. The summed E-state index contributed by atoms with van der Waals surface area (Å²) in [6.45, 7) is 10.9. The van der Waals surface area contributed by atoms with Crippen LogP contribution in [0.2, 0.25) is 0 Å². The number of amides is 2. The SMILES string of the molecule is CCCCNC(=O)C(C)(C)C(=O)NCCC(C)C. The molecule has 0 aliphatic rings. The van der Waals surface area contributed by atoms with Crippen molar-refractivity contribution in [3.05, 3.63) is 0 Å². The number of carbonyl (C=O) groups is 2. The minimum atomic E-state index is -0.995. The molecule has 0 unspecified atom stereocenters. The van der Waals surface area contributed by atoms with Gasteiger partial charge in [-0.3, -0.25) is 9.59 Å². The van der Waals surface area contributed by atoms with E-state index >= 15 is 0 Å². The average molecular weight is 256 g/mol. The van der Waals surface area contributed by atoms with E-state index < -0.39 is 5.41 Å². The molecule has 0 heterocycles. The molecular formula is C14H28N2O2. The standard InChI is InChI=1S/C14H28N2O2/c1-6-7-9-15-12(17)14(4,5)13(18)16-10-8-11(2)3/h11H,6-10H2,1-5H3,(H,15,17)(H,16,18). The van der Waals surface area contributed by atoms with E-state index in [1.54, 1.807) is 13.8 Å². The number of hydrogen-bond donors (Lipinski definition) is 2. The first-order chi connectivity index (χ1) is 8.32. The van der Waals surface area contributed by atoms with Gasteiger partial charge >= 0.3 is 0 Å². The van der Waals surface area contributed by atoms with Crippen LogP contribution in [-0.2, 0) is 9.59 Å². The molecule has 0 fully saturated rings. The van der Waals surface area contributed by atoms with Crippen LogP contribution in [0.1, 0.15) is 53.9 Å². The molecule has 0 radical (unpaired) electrons. The number of unbranched alkanes of at least 4 members (excludes halogenated alkanes) is 1. The molecule has 106 valence electrons. The second-order valence-corrected chi connectivity index (χ2v) is 5.67. The molecule has 0 atom stereocenters. The van der Waals surface area contributed by atoms with Gasteiger partial charge in [0.2, 0.25) is 11.8 Å². The molecule has 0 saturated heterocycles. The Hall–Kier alpha value is -1.06. The van der Waals surface area contributed by atoms with Gasteiger partial charge in [-0.15, -0.1) is 0 Å². The van der Waals surface area contributed by atoms with Gasteiger partial charge in [-0.2, -0.15) is 0 Å². The highest BCUT2D eigenvalue weighted by atomic mass is 16.2. The third-order valence-electron chi connectivity index (χ3n) is 2.96. The molecule has 0 aromatic heterocycles. The van der Waals surface area contributed by atoms with E-state index in [-0.39, 0.29) is 11.8 Å². The lowest BCUT2D eigenvalue weighted by Gasteiger charge is -2.23. The molecule has 2 N–H and O–H groups in total. The highest BCUT2D eigenvalue weighted by Crippen LogP contribution is 2.15. The van der Waals surface area contributed by atoms with E-state index in [0.717, 1.165) is 19.3 Å². The second-order valence-electron chi connectivity index (χ2n) is 5.67. The molecule has 4 heteroatoms. The van der Waals surface area contributed by atoms with E-state index in [1.807, 2.05) is 0 Å². The summed E-state index contributed by atoms with van der Waals surface area (Å²) in [5.74, 6) is 0.155. The third kappa shape index (κ3) is 6.03. The minimum absolute atomic E-state index is 0.196. The van der Waals surface area contributed by atoms with Crippen molar-refractivity contribution in [3.8, 4) is 0 Å². The molecule has 0 aliphatic heterocycles. The molecule has 2 amide bonds. The van der Waals surface area contributed by atoms with Crippen molar-refractivity contribution in [3.63, 3.8) is 0 Å². The fraction of sp³-hybridized carbons (Fsp3) is 0.857. The zero-order valence-corrected chi connectivity index (χ0v) is 12.4. The van der Waals surface area contributed by atoms with Gasteiger partial charge in [-0.25, -0.2) is 0 Å². The summed E-state index contributed by atoms with van der Waals surface area (Å²) in [6.07, 6.45) is 2.90. The second kappa shape index (κ2) is 8.11. The zero-order chi connectivity index (χ0) is 14.2. The third-order valence-corrected chi connectivity index (χ3v) is 2.96. The summed E-state index contributed by atoms with van der Waals surface area (Å²) in [5, 5.41) is 5.63. The summed E-state index contributed by atoms with van der Waals surface area (Å²) in [4.78, 5) is 23.9. The van der Waals surface area contributed by atoms with Gasteiger partial charge < -0.3 is 10.6 Å². The summed E-state index contributed by atoms with van der Waals surface area (Å²) in [6, 6.07) is 0. The van der Waals surface area contributed by atoms with E-state index in [4.69, 9.17) is 0 Å². The molecule has 0 saturated carbocycles. The Morgan fingerprint density at radius 3 is 2.00 bits per heavy atom. The first-order valence-electron chi connectivity index (χ1n) is 6.89. The van der Waals surface area contributed by atoms with Gasteiger partial charge in [0.1, 0.15) is 5.41 Å². The molecule has 18 heavy (non-hydrogen) atoms. The van der Waals surface area contributed by atoms with Crippen LogP contribution >= 0.6 is 0 Å². The minimum Gasteiger partial charge on any atom is -0.355 e. The van der Waals surface area contributed by atoms with E-state index in [1.165, 1.54) is 0 Å². The van der Waals surface area contributed by atoms with Crippen LogP contribution in [0.3, 0.4) is 0 Å². The van der Waals surface area contributed by atoms with Gasteiger partial charge in [-0.05, 0) is 32.6 Å². The van der Waals surface area contributed by atoms with Crippen LogP contribution in [0.4, 0.5) is 0 Å². The summed E-state index contributed by atoms with van der Waals surface area (Å²) in [5.41, 5.74) is -0.995. The summed E-state index contributed by atoms with van der Waals surface area (Å²) >= 11 is 0. The molecule has 0 rings (SSSR count). The first-order valence-corrected chi connectivity index (χ1v) is 6.89. The molecule has 0 bridgehead atoms. The monoisotopic (exact) mass is 256 g/mol. The Labute approximate surface area is 111 Å². The number of hydrogen-bond acceptors (Lipinski definition) is 2. The average Bonchev–Trinajstić information content (AvgIpc) is 2.28. The maximum atomic E-state index is 11.9. The van der Waals surface area contributed by atoms with Gasteiger partial charge in [0, 0.05) is 13.1 Å². The quantitative estimate of drug-likeness (QED) is 0.516. The van der Waals surface area contributed by atoms with Crippen molar-refractivity contribution in [2.45, 2.75) is 53.9 Å². The van der Waals surface area contributed by atoms with Crippen LogP contribution in [0.15, 0.2) is 0 Å². The largest absolute Gasteiger partial charge is 0.355 e. The fourth-order valence-electron chi connectivity index (χ4n) is 1.40. The lowest BCUT2D eigenvalue weighted by atomic mass is 9.91. The Kier molecular flexibility index (Phi) is 7.64. The highest BCUT2D eigenvalue weighted by Gasteiger charge is 2.35. The maximum Gasteiger partial charge on any atom is 0.235 e. The molecular weight excluding hydrogens is 228 g/mol. The first kappa shape index (κ1) is 16.9. The molecule has 0 spiro atoms. The number of rotatable bonds is 8. The molecule has 0 aromatic carbocycles. The normalized spacial score (nSPS) is 11.4. The van der Waals surface area contributed by atoms with Crippen LogP contribution < -0.4 is 10.6 Å². The van der Waals surface area contributed by atoms with Crippen LogP contribution in [0.25, 0.3) is 0 Å². The van der Waals surface area contributed by atoms with Gasteiger partial charge in [-0.1, -0.05) is 27.2 Å². The fourth-order valence-corrected chi connectivity index (χ4v) is 1.40. The summed E-state index contributed by atoms with van der Waals surface area (Å²) < 4.78 is 0. The molecule has 0 aromatic rings. The van der Waals surface area contributed by atoms with Crippen LogP contribution in [0.5, 0.6) is 0 Å². The van der Waals surface area contributed by atoms with Gasteiger partial charge in [0.05, 0.1) is 0 Å². The smallest absolute Gasteiger partial charge is 0.235 e. The van der Waals surface area contributed by atoms with Gasteiger partial charge in [0.15, 0.2) is 0 Å².